The largest absolute Gasteiger partial charge is 0.494 e. The van der Waals surface area contributed by atoms with Gasteiger partial charge in [-0.3, -0.25) is 48.9 Å². The molecule has 128 heavy (non-hydrogen) atoms. The Hall–Kier alpha value is -15.8. The van der Waals surface area contributed by atoms with Gasteiger partial charge >= 0.3 is 0 Å². The van der Waals surface area contributed by atoms with E-state index in [1.807, 2.05) is 71.7 Å². The smallest absolute Gasteiger partial charge is 0.263 e. The Balaban J connectivity index is 0.000000118. The zero-order chi connectivity index (χ0) is 89.4. The van der Waals surface area contributed by atoms with E-state index in [0.717, 1.165) is 165 Å². The number of rotatable bonds is 16. The summed E-state index contributed by atoms with van der Waals surface area (Å²) in [4.78, 5) is 108. The number of hydrogen-bond acceptors (Lipinski definition) is 34. The summed E-state index contributed by atoms with van der Waals surface area (Å²) in [7, 11) is 3.07. The molecule has 44 nitrogen and oxygen atoms in total. The third-order valence-corrected chi connectivity index (χ3v) is 21.2. The topological polar surface area (TPSA) is 588 Å². The number of fused-ring (bicyclic) bond motifs is 10. The Kier molecular flexibility index (Phi) is 25.3. The monoisotopic (exact) mass is 1740 g/mol. The van der Waals surface area contributed by atoms with Gasteiger partial charge in [0.15, 0.2) is 57.3 Å². The van der Waals surface area contributed by atoms with Crippen molar-refractivity contribution in [2.75, 3.05) is 109 Å². The van der Waals surface area contributed by atoms with E-state index in [-0.39, 0.29) is 63.4 Å². The van der Waals surface area contributed by atoms with Crippen LogP contribution in [0.15, 0.2) is 117 Å². The summed E-state index contributed by atoms with van der Waals surface area (Å²) in [5, 5.41) is 51.7. The summed E-state index contributed by atoms with van der Waals surface area (Å²) in [6.45, 7) is 17.9. The maximum absolute atomic E-state index is 12.9. The fraction of sp³-hybridized carbons (Fsp3) is 0.286. The molecule has 0 bridgehead atoms. The quantitative estimate of drug-likeness (QED) is 0.0615. The summed E-state index contributed by atoms with van der Waals surface area (Å²) in [5.41, 5.74) is 47.9. The number of ether oxygens (including phenoxy) is 4. The van der Waals surface area contributed by atoms with Crippen molar-refractivity contribution >= 4 is 115 Å². The van der Waals surface area contributed by atoms with E-state index in [1.54, 1.807) is 91.3 Å². The van der Waals surface area contributed by atoms with Crippen molar-refractivity contribution in [3.05, 3.63) is 212 Å². The first kappa shape index (κ1) is 85.7. The van der Waals surface area contributed by atoms with Crippen molar-refractivity contribution < 1.29 is 42.9 Å². The van der Waals surface area contributed by atoms with Crippen LogP contribution in [0.2, 0.25) is 0 Å². The summed E-state index contributed by atoms with van der Waals surface area (Å²) in [6, 6.07) is 6.89. The second kappa shape index (κ2) is 37.7. The number of nitrogen functional groups attached to an aromatic ring is 5. The maximum Gasteiger partial charge on any atom is 0.263 e. The van der Waals surface area contributed by atoms with Crippen molar-refractivity contribution in [2.24, 2.45) is 0 Å². The number of carbonyl (C=O) groups is 5. The molecule has 0 radical (unpaired) electrons. The molecule has 0 aliphatic carbocycles. The van der Waals surface area contributed by atoms with Crippen LogP contribution in [0.25, 0.3) is 28.2 Å². The van der Waals surface area contributed by atoms with E-state index in [9.17, 15) is 24.0 Å². The van der Waals surface area contributed by atoms with Gasteiger partial charge in [-0.15, -0.1) is 25.5 Å². The SMILES string of the molecule is CC(C)Oc1ccncc1NC(=O)c1c(N)nn2cc3c(nc12)CCNC3.CCOc1ccncc1NC(=O)c1c(N)nn2cc3c(nc12)CCNC3.COc1c(C)cncc1NC(=O)c1c(N)nn2cc3c(nc12)CCNC3.COc1ccncc1NC(=O)c1c(N)nn2cc3c(nc12)CCNC3.Cc1ccncc1NC(=O)c1c(N)nn2cc3c(nc12)CCNC3. The first-order valence-corrected chi connectivity index (χ1v) is 41.1. The van der Waals surface area contributed by atoms with Crippen LogP contribution in [-0.2, 0) is 64.8 Å². The molecule has 20 N–H and O–H groups in total. The van der Waals surface area contributed by atoms with Crippen LogP contribution in [-0.4, -0.2) is 187 Å². The van der Waals surface area contributed by atoms with Crippen LogP contribution in [0, 0.1) is 13.8 Å². The van der Waals surface area contributed by atoms with Crippen LogP contribution >= 0.6 is 0 Å². The molecule has 20 heterocycles. The number of carbonyl (C=O) groups excluding carboxylic acids is 5. The number of amides is 5. The fourth-order valence-corrected chi connectivity index (χ4v) is 15.0. The van der Waals surface area contributed by atoms with Gasteiger partial charge in [0.05, 0.1) is 92.1 Å². The lowest BCUT2D eigenvalue weighted by Gasteiger charge is -2.16. The van der Waals surface area contributed by atoms with Gasteiger partial charge in [0.25, 0.3) is 29.5 Å². The number of pyridine rings is 5. The third-order valence-electron chi connectivity index (χ3n) is 21.2. The molecule has 0 saturated heterocycles. The number of hydrogen-bond donors (Lipinski definition) is 15. The predicted octanol–water partition coefficient (Wildman–Crippen LogP) is 4.84. The lowest BCUT2D eigenvalue weighted by Crippen LogP contribution is -2.25. The molecule has 5 amide bonds. The molecule has 15 aromatic heterocycles. The van der Waals surface area contributed by atoms with Gasteiger partial charge in [0, 0.05) is 211 Å². The summed E-state index contributed by atoms with van der Waals surface area (Å²) >= 11 is 0. The van der Waals surface area contributed by atoms with Gasteiger partial charge in [-0.1, -0.05) is 0 Å². The number of nitrogens with two attached hydrogens (primary N) is 5. The first-order valence-electron chi connectivity index (χ1n) is 41.1. The molecule has 5 aliphatic rings. The van der Waals surface area contributed by atoms with Crippen molar-refractivity contribution in [1.82, 2.24) is 124 Å². The van der Waals surface area contributed by atoms with Crippen LogP contribution in [0.4, 0.5) is 57.5 Å². The molecule has 658 valence electrons. The highest BCUT2D eigenvalue weighted by atomic mass is 16.5. The molecule has 0 atom stereocenters. The van der Waals surface area contributed by atoms with Gasteiger partial charge in [-0.25, -0.2) is 47.5 Å². The van der Waals surface area contributed by atoms with E-state index in [1.165, 1.54) is 25.7 Å². The van der Waals surface area contributed by atoms with E-state index in [2.05, 4.69) is 129 Å². The molecule has 15 aromatic rings. The van der Waals surface area contributed by atoms with Crippen molar-refractivity contribution in [3.63, 3.8) is 0 Å². The normalized spacial score (nSPS) is 13.5. The highest BCUT2D eigenvalue weighted by Crippen LogP contribution is 2.34. The lowest BCUT2D eigenvalue weighted by molar-refractivity contribution is 0.102. The molecule has 0 fully saturated rings. The van der Waals surface area contributed by atoms with E-state index < -0.39 is 23.6 Å². The van der Waals surface area contributed by atoms with Crippen LogP contribution in [0.1, 0.15) is 140 Å². The van der Waals surface area contributed by atoms with E-state index in [4.69, 9.17) is 47.6 Å². The molecular weight excluding hydrogens is 1640 g/mol. The lowest BCUT2D eigenvalue weighted by atomic mass is 10.1. The number of anilines is 10. The zero-order valence-electron chi connectivity index (χ0n) is 70.9. The number of nitrogens with zero attached hydrogens (tertiary/aromatic N) is 20. The standard InChI is InChI=1S/C18H21N7O2.2C17H19N7O2.C16H17N7O2.C16H17N7O/c1-10(2)27-14-4-6-21-8-13(14)23-18(26)15-16(19)24-25-9-11-7-20-5-3-12(11)22-17(15)25;1-9-5-20-7-12(14(9)26-2)22-17(25)13-15(18)23-24-8-10-6-19-4-3-11(10)21-16(13)24;1-2-26-13-4-6-20-8-12(13)22-17(25)14-15(18)23-24-9-10-7-19-5-3-11(10)21-16(14)24;1-25-12-3-5-19-7-11(12)21-16(24)13-14(17)22-23-8-9-6-18-4-2-10(9)20-15(13)23;1-9-2-4-19-7-12(9)21-16(24)13-14(17)22-23-8-10-6-18-5-3-11(10)20-15(13)23/h4,6,8-10,20H,3,5,7H2,1-2H3,(H2,19,24)(H,23,26);5,7-8,19H,3-4,6H2,1-2H3,(H2,18,23)(H,22,25);4,6,8-9,19H,2-3,5,7H2,1H3,(H2,18,23)(H,22,25);3,5,7-8,18H,2,4,6H2,1H3,(H2,17,22)(H,21,24);2,4,7-8,18H,3,5-6H2,1H3,(H2,17,22)(H,21,24). The van der Waals surface area contributed by atoms with E-state index >= 15 is 0 Å². The molecule has 44 heteroatoms. The average Bonchev–Trinajstić information content (AvgIpc) is 1.65. The Morgan fingerprint density at radius 2 is 0.664 bits per heavy atom. The third kappa shape index (κ3) is 18.3. The van der Waals surface area contributed by atoms with Crippen LogP contribution < -0.4 is 101 Å². The maximum atomic E-state index is 12.9. The molecule has 0 aromatic carbocycles. The molecule has 0 unspecified atom stereocenters. The van der Waals surface area contributed by atoms with Gasteiger partial charge < -0.3 is 101 Å². The van der Waals surface area contributed by atoms with Crippen molar-refractivity contribution in [3.8, 4) is 23.0 Å². The van der Waals surface area contributed by atoms with Gasteiger partial charge in [-0.2, -0.15) is 0 Å². The molecule has 0 saturated carbocycles. The predicted molar refractivity (Wildman–Crippen MR) is 475 cm³/mol. The fourth-order valence-electron chi connectivity index (χ4n) is 15.0. The van der Waals surface area contributed by atoms with Crippen LogP contribution in [0.5, 0.6) is 23.0 Å². The minimum atomic E-state index is -0.403. The summed E-state index contributed by atoms with van der Waals surface area (Å²) < 4.78 is 29.6. The van der Waals surface area contributed by atoms with Gasteiger partial charge in [0.1, 0.15) is 73.6 Å². The number of methoxy groups -OCH3 is 2. The first-order chi connectivity index (χ1) is 62.1. The average molecular weight is 1740 g/mol. The van der Waals surface area contributed by atoms with Crippen LogP contribution in [0.3, 0.4) is 0 Å². The molecule has 0 spiro atoms. The van der Waals surface area contributed by atoms with Gasteiger partial charge in [-0.05, 0) is 46.2 Å². The van der Waals surface area contributed by atoms with Crippen molar-refractivity contribution in [2.45, 2.75) is 106 Å². The van der Waals surface area contributed by atoms with Crippen molar-refractivity contribution in [1.29, 1.82) is 0 Å². The minimum Gasteiger partial charge on any atom is -0.494 e. The second-order valence-corrected chi connectivity index (χ2v) is 30.3. The number of nitrogens with one attached hydrogen (secondary N) is 10. The Labute approximate surface area is 729 Å². The summed E-state index contributed by atoms with van der Waals surface area (Å²) in [5.74, 6) is 0.905. The minimum absolute atomic E-state index is 0.0353. The number of aryl methyl sites for hydroxylation is 2. The summed E-state index contributed by atoms with van der Waals surface area (Å²) in [6.07, 6.45) is 29.2. The highest BCUT2D eigenvalue weighted by Gasteiger charge is 2.30. The Bertz CT molecular complexity index is 6780. The van der Waals surface area contributed by atoms with E-state index in [0.29, 0.717) is 91.8 Å². The molecular formula is C84H93N35O9. The highest BCUT2D eigenvalue weighted by molar-refractivity contribution is 6.15. The Morgan fingerprint density at radius 3 is 0.984 bits per heavy atom. The number of aromatic nitrogens is 20. The zero-order valence-corrected chi connectivity index (χ0v) is 70.9. The van der Waals surface area contributed by atoms with Gasteiger partial charge in [0.2, 0.25) is 0 Å². The second-order valence-electron chi connectivity index (χ2n) is 30.3. The molecule has 20 rings (SSSR count). The molecule has 5 aliphatic heterocycles. The Morgan fingerprint density at radius 1 is 0.375 bits per heavy atom.